The van der Waals surface area contributed by atoms with Gasteiger partial charge in [-0.2, -0.15) is 15.5 Å². The maximum Gasteiger partial charge on any atom is 0.270 e. The molecule has 7 nitrogen and oxygen atoms in total. The third-order valence-electron chi connectivity index (χ3n) is 8.17. The highest BCUT2D eigenvalue weighted by Gasteiger charge is 2.64. The third kappa shape index (κ3) is 3.59. The minimum Gasteiger partial charge on any atom is -0.370 e. The summed E-state index contributed by atoms with van der Waals surface area (Å²) < 4.78 is 28.9. The number of rotatable bonds is 6. The zero-order valence-electron chi connectivity index (χ0n) is 20.1. The van der Waals surface area contributed by atoms with Gasteiger partial charge in [0.15, 0.2) is 0 Å². The van der Waals surface area contributed by atoms with E-state index in [1.54, 1.807) is 23.1 Å². The summed E-state index contributed by atoms with van der Waals surface area (Å²) in [6.07, 6.45) is 5.54. The monoisotopic (exact) mass is 491 g/mol. The Kier molecular flexibility index (Phi) is 5.87. The Balaban J connectivity index is 1.54. The Morgan fingerprint density at radius 3 is 2.75 bits per heavy atom. The second-order valence-electron chi connectivity index (χ2n) is 10.2. The average molecular weight is 492 g/mol. The van der Waals surface area contributed by atoms with Gasteiger partial charge >= 0.3 is 0 Å². The molecular weight excluding hydrogens is 464 g/mol. The number of carbonyl (C=O) groups is 1. The molecule has 2 aromatic rings. The van der Waals surface area contributed by atoms with Crippen molar-refractivity contribution >= 4 is 5.91 Å². The van der Waals surface area contributed by atoms with Crippen LogP contribution in [0.25, 0.3) is 11.3 Å². The number of amides is 1. The number of allylic oxidation sites excluding steroid dienone is 2. The van der Waals surface area contributed by atoms with Gasteiger partial charge in [-0.25, -0.2) is 8.78 Å². The van der Waals surface area contributed by atoms with Crippen LogP contribution in [0.15, 0.2) is 48.2 Å². The lowest BCUT2D eigenvalue weighted by Crippen LogP contribution is -2.50. The fourth-order valence-corrected chi connectivity index (χ4v) is 6.22. The van der Waals surface area contributed by atoms with Crippen LogP contribution >= 0.6 is 0 Å². The molecule has 1 unspecified atom stereocenters. The SMILES string of the molecule is CC1(C)[C@H]2CC[C@]1(CN(CCC#N)C(=O)C1=CC=CC(O)N1)c1nnc(-c3c(F)cccc3F)cc12. The van der Waals surface area contributed by atoms with E-state index in [2.05, 4.69) is 35.4 Å². The topological polar surface area (TPSA) is 102 Å². The van der Waals surface area contributed by atoms with Gasteiger partial charge in [-0.3, -0.25) is 4.79 Å². The van der Waals surface area contributed by atoms with Crippen LogP contribution in [0.1, 0.15) is 50.3 Å². The zero-order chi connectivity index (χ0) is 25.7. The van der Waals surface area contributed by atoms with Gasteiger partial charge < -0.3 is 15.3 Å². The summed E-state index contributed by atoms with van der Waals surface area (Å²) in [4.78, 5) is 15.1. The summed E-state index contributed by atoms with van der Waals surface area (Å²) in [6.45, 7) is 4.80. The molecule has 2 bridgehead atoms. The second kappa shape index (κ2) is 8.79. The van der Waals surface area contributed by atoms with Crippen LogP contribution < -0.4 is 5.32 Å². The molecule has 0 spiro atoms. The number of fused-ring (bicyclic) bond motifs is 5. The van der Waals surface area contributed by atoms with Crippen LogP contribution in [0.2, 0.25) is 0 Å². The van der Waals surface area contributed by atoms with E-state index in [0.29, 0.717) is 6.54 Å². The van der Waals surface area contributed by atoms with Crippen molar-refractivity contribution in [2.75, 3.05) is 13.1 Å². The summed E-state index contributed by atoms with van der Waals surface area (Å²) in [7, 11) is 0. The lowest BCUT2D eigenvalue weighted by Gasteiger charge is -2.42. The highest BCUT2D eigenvalue weighted by atomic mass is 19.1. The first-order valence-electron chi connectivity index (χ1n) is 12.0. The molecule has 3 aliphatic rings. The van der Waals surface area contributed by atoms with E-state index in [-0.39, 0.29) is 47.2 Å². The standard InChI is InChI=1S/C27H27F2N5O2/c1-26(2)17-10-11-27(26,15-34(13-5-12-30)25(36)20-8-4-9-22(35)31-20)24-16(17)14-21(32-33-24)23-18(28)6-3-7-19(23)29/h3-4,6-9,14,17,22,31,35H,5,10-11,13,15H2,1-2H3/t17-,22?,27-/m0/s1. The Hall–Kier alpha value is -3.64. The first-order valence-corrected chi connectivity index (χ1v) is 12.0. The van der Waals surface area contributed by atoms with Gasteiger partial charge in [-0.05, 0) is 60.1 Å². The maximum atomic E-state index is 14.5. The molecule has 1 aliphatic heterocycles. The summed E-state index contributed by atoms with van der Waals surface area (Å²) in [5, 5.41) is 30.7. The zero-order valence-corrected chi connectivity index (χ0v) is 20.1. The van der Waals surface area contributed by atoms with Crippen molar-refractivity contribution < 1.29 is 18.7 Å². The van der Waals surface area contributed by atoms with Gasteiger partial charge in [0.05, 0.1) is 29.4 Å². The van der Waals surface area contributed by atoms with Crippen molar-refractivity contribution in [2.24, 2.45) is 5.41 Å². The maximum absolute atomic E-state index is 14.5. The fourth-order valence-electron chi connectivity index (χ4n) is 6.22. The number of benzene rings is 1. The first kappa shape index (κ1) is 24.1. The molecule has 2 N–H and O–H groups in total. The molecule has 2 heterocycles. The number of nitrogens with one attached hydrogen (secondary N) is 1. The van der Waals surface area contributed by atoms with E-state index in [1.165, 1.54) is 24.3 Å². The number of aliphatic hydroxyl groups is 1. The number of dihydropyridines is 1. The van der Waals surface area contributed by atoms with Gasteiger partial charge in [0, 0.05) is 18.5 Å². The Morgan fingerprint density at radius 1 is 1.31 bits per heavy atom. The van der Waals surface area contributed by atoms with E-state index >= 15 is 0 Å². The molecule has 1 amide bonds. The molecule has 1 saturated carbocycles. The van der Waals surface area contributed by atoms with Crippen molar-refractivity contribution in [2.45, 2.75) is 50.7 Å². The molecule has 0 saturated heterocycles. The normalized spacial score (nSPS) is 25.1. The predicted molar refractivity (Wildman–Crippen MR) is 128 cm³/mol. The van der Waals surface area contributed by atoms with Crippen LogP contribution in [0.5, 0.6) is 0 Å². The van der Waals surface area contributed by atoms with Gasteiger partial charge in [0.2, 0.25) is 0 Å². The molecule has 3 atom stereocenters. The van der Waals surface area contributed by atoms with E-state index in [4.69, 9.17) is 0 Å². The van der Waals surface area contributed by atoms with Crippen LogP contribution in [0.3, 0.4) is 0 Å². The molecule has 0 radical (unpaired) electrons. The first-order chi connectivity index (χ1) is 17.2. The number of aliphatic hydroxyl groups excluding tert-OH is 1. The second-order valence-corrected chi connectivity index (χ2v) is 10.2. The van der Waals surface area contributed by atoms with E-state index in [1.807, 2.05) is 0 Å². The summed E-state index contributed by atoms with van der Waals surface area (Å²) >= 11 is 0. The number of carbonyl (C=O) groups excluding carboxylic acids is 1. The Labute approximate surface area is 208 Å². The lowest BCUT2D eigenvalue weighted by atomic mass is 9.68. The fraction of sp³-hybridized carbons (Fsp3) is 0.407. The highest BCUT2D eigenvalue weighted by Crippen LogP contribution is 2.67. The summed E-state index contributed by atoms with van der Waals surface area (Å²) in [5.74, 6) is -1.62. The molecule has 1 aromatic heterocycles. The van der Waals surface area contributed by atoms with Gasteiger partial charge in [-0.1, -0.05) is 26.0 Å². The van der Waals surface area contributed by atoms with Crippen LogP contribution in [0, 0.1) is 28.4 Å². The highest BCUT2D eigenvalue weighted by molar-refractivity contribution is 5.93. The number of halogens is 2. The van der Waals surface area contributed by atoms with Crippen molar-refractivity contribution in [3.05, 3.63) is 71.1 Å². The number of nitriles is 1. The van der Waals surface area contributed by atoms with Gasteiger partial charge in [0.1, 0.15) is 23.6 Å². The number of aromatic nitrogens is 2. The van der Waals surface area contributed by atoms with Gasteiger partial charge in [0.25, 0.3) is 5.91 Å². The van der Waals surface area contributed by atoms with Gasteiger partial charge in [-0.15, -0.1) is 0 Å². The summed E-state index contributed by atoms with van der Waals surface area (Å²) in [6, 6.07) is 7.56. The predicted octanol–water partition coefficient (Wildman–Crippen LogP) is 3.68. The largest absolute Gasteiger partial charge is 0.370 e. The molecule has 186 valence electrons. The smallest absolute Gasteiger partial charge is 0.270 e. The minimum atomic E-state index is -0.965. The molecule has 9 heteroatoms. The third-order valence-corrected chi connectivity index (χ3v) is 8.17. The van der Waals surface area contributed by atoms with Crippen LogP contribution in [0.4, 0.5) is 8.78 Å². The quantitative estimate of drug-likeness (QED) is 0.639. The summed E-state index contributed by atoms with van der Waals surface area (Å²) in [5.41, 5.74) is 0.995. The van der Waals surface area contributed by atoms with Crippen molar-refractivity contribution in [3.8, 4) is 17.3 Å². The van der Waals surface area contributed by atoms with E-state index in [9.17, 15) is 23.9 Å². The molecule has 1 fully saturated rings. The van der Waals surface area contributed by atoms with E-state index < -0.39 is 23.3 Å². The van der Waals surface area contributed by atoms with Crippen molar-refractivity contribution in [1.82, 2.24) is 20.4 Å². The van der Waals surface area contributed by atoms with Crippen molar-refractivity contribution in [1.29, 1.82) is 5.26 Å². The molecule has 36 heavy (non-hydrogen) atoms. The average Bonchev–Trinajstić information content (AvgIpc) is 3.20. The van der Waals surface area contributed by atoms with Crippen LogP contribution in [-0.2, 0) is 10.2 Å². The number of nitrogens with zero attached hydrogens (tertiary/aromatic N) is 4. The Bertz CT molecular complexity index is 1310. The van der Waals surface area contributed by atoms with E-state index in [0.717, 1.165) is 24.1 Å². The molecule has 2 aliphatic carbocycles. The minimum absolute atomic E-state index is 0.0845. The number of hydrogen-bond acceptors (Lipinski definition) is 6. The van der Waals surface area contributed by atoms with Crippen molar-refractivity contribution in [3.63, 3.8) is 0 Å². The number of hydrogen-bond donors (Lipinski definition) is 2. The van der Waals surface area contributed by atoms with Crippen LogP contribution in [-0.4, -0.2) is 45.4 Å². The molecular formula is C27H27F2N5O2. The molecule has 5 rings (SSSR count). The molecule has 1 aromatic carbocycles. The lowest BCUT2D eigenvalue weighted by molar-refractivity contribution is -0.129. The Morgan fingerprint density at radius 2 is 2.06 bits per heavy atom.